The van der Waals surface area contributed by atoms with Gasteiger partial charge in [-0.1, -0.05) is 0 Å². The molecule has 5 nitrogen and oxygen atoms in total. The van der Waals surface area contributed by atoms with Crippen LogP contribution in [0.2, 0.25) is 0 Å². The van der Waals surface area contributed by atoms with E-state index in [4.69, 9.17) is 15.2 Å². The van der Waals surface area contributed by atoms with Crippen LogP contribution in [-0.4, -0.2) is 56.4 Å². The average molecular weight is 244 g/mol. The number of nitrogens with two attached hydrogens (primary N) is 1. The lowest BCUT2D eigenvalue weighted by molar-refractivity contribution is -0.140. The average Bonchev–Trinajstić information content (AvgIpc) is 2.35. The first kappa shape index (κ1) is 14.4. The molecule has 2 atom stereocenters. The van der Waals surface area contributed by atoms with Crippen LogP contribution in [0.1, 0.15) is 26.2 Å². The molecule has 5 heteroatoms. The van der Waals surface area contributed by atoms with E-state index in [0.717, 1.165) is 19.4 Å². The van der Waals surface area contributed by atoms with Crippen LogP contribution < -0.4 is 5.73 Å². The lowest BCUT2D eigenvalue weighted by atomic mass is 9.94. The molecule has 1 rings (SSSR count). The summed E-state index contributed by atoms with van der Waals surface area (Å²) < 4.78 is 10.4. The zero-order valence-electron chi connectivity index (χ0n) is 11.1. The Labute approximate surface area is 103 Å². The summed E-state index contributed by atoms with van der Waals surface area (Å²) in [5.74, 6) is 0.00465. The zero-order valence-corrected chi connectivity index (χ0v) is 11.1. The number of rotatable bonds is 5. The summed E-state index contributed by atoms with van der Waals surface area (Å²) in [7, 11) is 3.30. The number of likely N-dealkylation sites (tertiary alicyclic amines) is 1. The van der Waals surface area contributed by atoms with Gasteiger partial charge >= 0.3 is 0 Å². The predicted octanol–water partition coefficient (Wildman–Crippen LogP) is 0.378. The van der Waals surface area contributed by atoms with Gasteiger partial charge in [0.15, 0.2) is 0 Å². The summed E-state index contributed by atoms with van der Waals surface area (Å²) in [6.45, 7) is 3.96. The minimum Gasteiger partial charge on any atom is -0.385 e. The first-order chi connectivity index (χ1) is 8.02. The van der Waals surface area contributed by atoms with E-state index < -0.39 is 6.04 Å². The van der Waals surface area contributed by atoms with E-state index in [1.54, 1.807) is 14.2 Å². The lowest BCUT2D eigenvalue weighted by Gasteiger charge is -2.40. The van der Waals surface area contributed by atoms with Crippen molar-refractivity contribution in [3.05, 3.63) is 0 Å². The topological polar surface area (TPSA) is 64.8 Å². The molecule has 1 aliphatic rings. The van der Waals surface area contributed by atoms with Crippen molar-refractivity contribution in [3.8, 4) is 0 Å². The van der Waals surface area contributed by atoms with E-state index in [1.165, 1.54) is 0 Å². The maximum Gasteiger partial charge on any atom is 0.239 e. The third-order valence-electron chi connectivity index (χ3n) is 3.41. The third kappa shape index (κ3) is 3.94. The highest BCUT2D eigenvalue weighted by Crippen LogP contribution is 2.24. The summed E-state index contributed by atoms with van der Waals surface area (Å²) in [6, 6.07) is -0.464. The second-order valence-corrected chi connectivity index (χ2v) is 4.91. The fourth-order valence-electron chi connectivity index (χ4n) is 2.16. The molecule has 0 radical (unpaired) electrons. The molecule has 0 bridgehead atoms. The van der Waals surface area contributed by atoms with Crippen molar-refractivity contribution in [2.75, 3.05) is 33.9 Å². The van der Waals surface area contributed by atoms with E-state index in [9.17, 15) is 4.79 Å². The molecule has 2 N–H and O–H groups in total. The van der Waals surface area contributed by atoms with Gasteiger partial charge in [0.1, 0.15) is 0 Å². The first-order valence-corrected chi connectivity index (χ1v) is 6.11. The highest BCUT2D eigenvalue weighted by atomic mass is 16.5. The highest BCUT2D eigenvalue weighted by molar-refractivity contribution is 5.81. The first-order valence-electron chi connectivity index (χ1n) is 6.11. The Morgan fingerprint density at radius 2 is 2.24 bits per heavy atom. The Bertz CT molecular complexity index is 260. The van der Waals surface area contributed by atoms with Crippen LogP contribution in [0, 0.1) is 0 Å². The molecule has 0 aromatic carbocycles. The van der Waals surface area contributed by atoms with Crippen molar-refractivity contribution >= 4 is 5.91 Å². The Morgan fingerprint density at radius 1 is 1.53 bits per heavy atom. The zero-order chi connectivity index (χ0) is 12.9. The van der Waals surface area contributed by atoms with Gasteiger partial charge in [0.25, 0.3) is 0 Å². The molecule has 100 valence electrons. The van der Waals surface area contributed by atoms with E-state index in [-0.39, 0.29) is 11.5 Å². The molecular formula is C12H24N2O3. The Kier molecular flexibility index (Phi) is 5.36. The SMILES string of the molecule is COCCC(N)C(=O)N1CCCC(C)(OC)C1. The van der Waals surface area contributed by atoms with Gasteiger partial charge in [0, 0.05) is 33.9 Å². The number of nitrogens with zero attached hydrogens (tertiary/aromatic N) is 1. The number of ether oxygens (including phenoxy) is 2. The summed E-state index contributed by atoms with van der Waals surface area (Å²) in [6.07, 6.45) is 2.52. The number of carbonyl (C=O) groups excluding carboxylic acids is 1. The van der Waals surface area contributed by atoms with Crippen molar-refractivity contribution in [1.82, 2.24) is 4.90 Å². The van der Waals surface area contributed by atoms with Gasteiger partial charge in [-0.15, -0.1) is 0 Å². The molecule has 0 aliphatic carbocycles. The fourth-order valence-corrected chi connectivity index (χ4v) is 2.16. The Morgan fingerprint density at radius 3 is 2.82 bits per heavy atom. The number of methoxy groups -OCH3 is 2. The van der Waals surface area contributed by atoms with Crippen molar-refractivity contribution < 1.29 is 14.3 Å². The molecule has 17 heavy (non-hydrogen) atoms. The maximum atomic E-state index is 12.1. The quantitative estimate of drug-likeness (QED) is 0.759. The number of hydrogen-bond donors (Lipinski definition) is 1. The maximum absolute atomic E-state index is 12.1. The van der Waals surface area contributed by atoms with Gasteiger partial charge in [-0.2, -0.15) is 0 Å². The largest absolute Gasteiger partial charge is 0.385 e. The second kappa shape index (κ2) is 6.33. The van der Waals surface area contributed by atoms with E-state index in [2.05, 4.69) is 0 Å². The monoisotopic (exact) mass is 244 g/mol. The molecule has 1 aliphatic heterocycles. The molecule has 0 aromatic heterocycles. The second-order valence-electron chi connectivity index (χ2n) is 4.91. The minimum absolute atomic E-state index is 0.00465. The number of amides is 1. The van der Waals surface area contributed by atoms with Crippen molar-refractivity contribution in [2.45, 2.75) is 37.8 Å². The van der Waals surface area contributed by atoms with Crippen LogP contribution in [0.4, 0.5) is 0 Å². The normalized spacial score (nSPS) is 26.9. The van der Waals surface area contributed by atoms with E-state index in [1.807, 2.05) is 11.8 Å². The molecule has 1 fully saturated rings. The summed E-state index contributed by atoms with van der Waals surface area (Å²) in [4.78, 5) is 13.9. The number of hydrogen-bond acceptors (Lipinski definition) is 4. The van der Waals surface area contributed by atoms with Gasteiger partial charge < -0.3 is 20.1 Å². The van der Waals surface area contributed by atoms with Crippen molar-refractivity contribution in [2.24, 2.45) is 5.73 Å². The standard InChI is InChI=1S/C12H24N2O3/c1-12(17-3)6-4-7-14(9-12)11(15)10(13)5-8-16-2/h10H,4-9,13H2,1-3H3. The van der Waals surface area contributed by atoms with Crippen LogP contribution in [0.3, 0.4) is 0 Å². The van der Waals surface area contributed by atoms with E-state index in [0.29, 0.717) is 19.6 Å². The van der Waals surface area contributed by atoms with Gasteiger partial charge in [-0.3, -0.25) is 4.79 Å². The van der Waals surface area contributed by atoms with Crippen LogP contribution in [0.5, 0.6) is 0 Å². The molecule has 1 amide bonds. The predicted molar refractivity (Wildman–Crippen MR) is 65.7 cm³/mol. The molecule has 2 unspecified atom stereocenters. The molecule has 0 saturated carbocycles. The lowest BCUT2D eigenvalue weighted by Crippen LogP contribution is -2.54. The molecule has 0 aromatic rings. The minimum atomic E-state index is -0.464. The fraction of sp³-hybridized carbons (Fsp3) is 0.917. The molecule has 1 heterocycles. The van der Waals surface area contributed by atoms with Gasteiger partial charge in [-0.25, -0.2) is 0 Å². The summed E-state index contributed by atoms with van der Waals surface area (Å²) in [5.41, 5.74) is 5.62. The van der Waals surface area contributed by atoms with Gasteiger partial charge in [0.2, 0.25) is 5.91 Å². The molecular weight excluding hydrogens is 220 g/mol. The van der Waals surface area contributed by atoms with Crippen molar-refractivity contribution in [3.63, 3.8) is 0 Å². The number of carbonyl (C=O) groups is 1. The summed E-state index contributed by atoms with van der Waals surface area (Å²) >= 11 is 0. The third-order valence-corrected chi connectivity index (χ3v) is 3.41. The highest BCUT2D eigenvalue weighted by Gasteiger charge is 2.34. The smallest absolute Gasteiger partial charge is 0.239 e. The Hall–Kier alpha value is -0.650. The van der Waals surface area contributed by atoms with Gasteiger partial charge in [0.05, 0.1) is 11.6 Å². The van der Waals surface area contributed by atoms with Crippen LogP contribution >= 0.6 is 0 Å². The van der Waals surface area contributed by atoms with Crippen LogP contribution in [0.25, 0.3) is 0 Å². The number of piperidine rings is 1. The van der Waals surface area contributed by atoms with Crippen LogP contribution in [-0.2, 0) is 14.3 Å². The van der Waals surface area contributed by atoms with E-state index >= 15 is 0 Å². The Balaban J connectivity index is 2.51. The van der Waals surface area contributed by atoms with Crippen LogP contribution in [0.15, 0.2) is 0 Å². The van der Waals surface area contributed by atoms with Gasteiger partial charge in [-0.05, 0) is 26.2 Å². The van der Waals surface area contributed by atoms with Crippen molar-refractivity contribution in [1.29, 1.82) is 0 Å². The molecule has 1 saturated heterocycles. The molecule has 0 spiro atoms. The summed E-state index contributed by atoms with van der Waals surface area (Å²) in [5, 5.41) is 0.